The van der Waals surface area contributed by atoms with E-state index in [2.05, 4.69) is 127 Å². The molecule has 0 saturated heterocycles. The van der Waals surface area contributed by atoms with Crippen molar-refractivity contribution in [2.75, 3.05) is 6.54 Å². The highest BCUT2D eigenvalue weighted by Crippen LogP contribution is 2.45. The summed E-state index contributed by atoms with van der Waals surface area (Å²) >= 11 is 0. The van der Waals surface area contributed by atoms with E-state index in [9.17, 15) is 0 Å². The van der Waals surface area contributed by atoms with Gasteiger partial charge in [0, 0.05) is 35.2 Å². The van der Waals surface area contributed by atoms with Gasteiger partial charge < -0.3 is 5.32 Å². The van der Waals surface area contributed by atoms with Crippen LogP contribution in [0.1, 0.15) is 46.6 Å². The zero-order chi connectivity index (χ0) is 33.0. The first-order chi connectivity index (χ1) is 24.7. The van der Waals surface area contributed by atoms with Gasteiger partial charge in [0.15, 0.2) is 17.5 Å². The molecule has 50 heavy (non-hydrogen) atoms. The summed E-state index contributed by atoms with van der Waals surface area (Å²) in [6, 6.07) is 31.3. The lowest BCUT2D eigenvalue weighted by Gasteiger charge is -2.28. The van der Waals surface area contributed by atoms with Crippen molar-refractivity contribution in [2.45, 2.75) is 37.6 Å². The maximum Gasteiger partial charge on any atom is 0.164 e. The minimum atomic E-state index is 0.411. The topological polar surface area (TPSA) is 50.7 Å². The van der Waals surface area contributed by atoms with Crippen LogP contribution < -0.4 is 5.32 Å². The van der Waals surface area contributed by atoms with Crippen LogP contribution in [0.2, 0.25) is 0 Å². The third kappa shape index (κ3) is 5.14. The molecule has 4 unspecified atom stereocenters. The van der Waals surface area contributed by atoms with Crippen LogP contribution in [0.15, 0.2) is 140 Å². The minimum Gasteiger partial charge on any atom is -0.310 e. The number of nitrogens with one attached hydrogen (secondary N) is 1. The van der Waals surface area contributed by atoms with Gasteiger partial charge in [-0.25, -0.2) is 15.0 Å². The maximum absolute atomic E-state index is 5.26. The second-order valence-corrected chi connectivity index (χ2v) is 14.3. The number of nitrogens with zero attached hydrogens (tertiary/aromatic N) is 3. The fourth-order valence-electron chi connectivity index (χ4n) is 8.71. The first-order valence-corrected chi connectivity index (χ1v) is 18.1. The molecule has 0 bridgehead atoms. The standard InChI is InChI=1S/C46H38N4/c1-2-9-31(10-3-1)44-48-45(37-23-22-34-25-33-11-4-5-13-38(33)40(34)28-37)50-46(49-44)39-14-8-12-36-26-35-21-20-32(27-41(35)43(36)39)29-16-18-30(19-17-29)42-15-6-7-24-47-42/h1-14,16-18,20-23,27-28,30,33,38,42,47H,15,19,24-26H2. The lowest BCUT2D eigenvalue weighted by Crippen LogP contribution is -2.37. The van der Waals surface area contributed by atoms with Crippen molar-refractivity contribution in [1.29, 1.82) is 0 Å². The summed E-state index contributed by atoms with van der Waals surface area (Å²) in [6.45, 7) is 0.970. The van der Waals surface area contributed by atoms with E-state index in [1.165, 1.54) is 44.5 Å². The van der Waals surface area contributed by atoms with Gasteiger partial charge in [-0.1, -0.05) is 127 Å². The Bertz CT molecular complexity index is 2310. The number of allylic oxidation sites excluding steroid dienone is 7. The Morgan fingerprint density at radius 1 is 0.600 bits per heavy atom. The second kappa shape index (κ2) is 12.2. The van der Waals surface area contributed by atoms with E-state index in [1.807, 2.05) is 18.2 Å². The smallest absolute Gasteiger partial charge is 0.164 e. The van der Waals surface area contributed by atoms with Crippen molar-refractivity contribution >= 4 is 5.57 Å². The first kappa shape index (κ1) is 29.5. The van der Waals surface area contributed by atoms with Crippen LogP contribution >= 0.6 is 0 Å². The highest BCUT2D eigenvalue weighted by Gasteiger charge is 2.31. The molecule has 4 aliphatic carbocycles. The summed E-state index contributed by atoms with van der Waals surface area (Å²) in [5.74, 6) is 3.61. The second-order valence-electron chi connectivity index (χ2n) is 14.3. The summed E-state index contributed by atoms with van der Waals surface area (Å²) in [4.78, 5) is 15.5. The van der Waals surface area contributed by atoms with Crippen LogP contribution in [0.25, 0.3) is 50.9 Å². The monoisotopic (exact) mass is 646 g/mol. The molecule has 1 aromatic heterocycles. The molecule has 0 radical (unpaired) electrons. The lowest BCUT2D eigenvalue weighted by molar-refractivity contribution is 0.416. The zero-order valence-electron chi connectivity index (χ0n) is 28.0. The number of benzene rings is 4. The average Bonchev–Trinajstić information content (AvgIpc) is 3.76. The fraction of sp³-hybridized carbons (Fsp3) is 0.196. The minimum absolute atomic E-state index is 0.411. The average molecular weight is 647 g/mol. The van der Waals surface area contributed by atoms with Gasteiger partial charge in [-0.15, -0.1) is 0 Å². The van der Waals surface area contributed by atoms with Crippen LogP contribution in [0.5, 0.6) is 0 Å². The fourth-order valence-corrected chi connectivity index (χ4v) is 8.71. The predicted molar refractivity (Wildman–Crippen MR) is 203 cm³/mol. The van der Waals surface area contributed by atoms with Crippen molar-refractivity contribution in [3.63, 3.8) is 0 Å². The van der Waals surface area contributed by atoms with Crippen LogP contribution in [0.4, 0.5) is 0 Å². The van der Waals surface area contributed by atoms with E-state index < -0.39 is 0 Å². The van der Waals surface area contributed by atoms with Crippen LogP contribution in [-0.4, -0.2) is 27.5 Å². The van der Waals surface area contributed by atoms with Crippen molar-refractivity contribution in [3.05, 3.63) is 167 Å². The number of rotatable bonds is 5. The van der Waals surface area contributed by atoms with Crippen LogP contribution in [0.3, 0.4) is 0 Å². The molecule has 4 atom stereocenters. The SMILES string of the molecule is C1=CC2Cc3ccc(-c4nc(-c5ccccc5)nc(-c5cccc6c5-c5cc(C7=CCC(C8CC=CCN8)C=C7)ccc5C6)n4)cc3C2C=C1. The van der Waals surface area contributed by atoms with E-state index in [0.29, 0.717) is 29.6 Å². The number of hydrogen-bond donors (Lipinski definition) is 1. The van der Waals surface area contributed by atoms with Crippen LogP contribution in [0, 0.1) is 11.8 Å². The highest BCUT2D eigenvalue weighted by molar-refractivity contribution is 5.91. The lowest BCUT2D eigenvalue weighted by atomic mass is 9.85. The van der Waals surface area contributed by atoms with Gasteiger partial charge in [0.25, 0.3) is 0 Å². The van der Waals surface area contributed by atoms with Crippen LogP contribution in [-0.2, 0) is 12.8 Å². The van der Waals surface area contributed by atoms with E-state index in [4.69, 9.17) is 15.0 Å². The van der Waals surface area contributed by atoms with Crippen molar-refractivity contribution in [2.24, 2.45) is 11.8 Å². The molecule has 0 fully saturated rings. The van der Waals surface area contributed by atoms with Crippen molar-refractivity contribution in [1.82, 2.24) is 20.3 Å². The van der Waals surface area contributed by atoms with E-state index >= 15 is 0 Å². The molecule has 1 aliphatic heterocycles. The molecule has 5 aliphatic rings. The van der Waals surface area contributed by atoms with Crippen molar-refractivity contribution < 1.29 is 0 Å². The summed E-state index contributed by atoms with van der Waals surface area (Å²) in [5.41, 5.74) is 13.7. The molecule has 0 spiro atoms. The Morgan fingerprint density at radius 2 is 1.44 bits per heavy atom. The Hall–Kier alpha value is -5.45. The number of hydrogen-bond acceptors (Lipinski definition) is 4. The molecule has 10 rings (SSSR count). The maximum atomic E-state index is 5.26. The molecule has 0 amide bonds. The summed E-state index contributed by atoms with van der Waals surface area (Å²) in [7, 11) is 0. The predicted octanol–water partition coefficient (Wildman–Crippen LogP) is 9.70. The first-order valence-electron chi connectivity index (χ1n) is 18.1. The molecule has 4 heteroatoms. The quantitative estimate of drug-likeness (QED) is 0.190. The molecule has 2 heterocycles. The molecular formula is C46H38N4. The highest BCUT2D eigenvalue weighted by atomic mass is 15.0. The Labute approximate surface area is 293 Å². The molecular weight excluding hydrogens is 609 g/mol. The Kier molecular flexibility index (Phi) is 7.16. The Balaban J connectivity index is 1.05. The summed E-state index contributed by atoms with van der Waals surface area (Å²) < 4.78 is 0. The third-order valence-electron chi connectivity index (χ3n) is 11.3. The molecule has 1 N–H and O–H groups in total. The van der Waals surface area contributed by atoms with Gasteiger partial charge in [-0.3, -0.25) is 0 Å². The van der Waals surface area contributed by atoms with Gasteiger partial charge >= 0.3 is 0 Å². The molecule has 0 saturated carbocycles. The largest absolute Gasteiger partial charge is 0.310 e. The van der Waals surface area contributed by atoms with Gasteiger partial charge in [0.05, 0.1) is 0 Å². The van der Waals surface area contributed by atoms with E-state index in [1.54, 1.807) is 0 Å². The van der Waals surface area contributed by atoms with Gasteiger partial charge in [0.1, 0.15) is 0 Å². The number of aromatic nitrogens is 3. The number of fused-ring (bicyclic) bond motifs is 6. The van der Waals surface area contributed by atoms with Crippen molar-refractivity contribution in [3.8, 4) is 45.3 Å². The summed E-state index contributed by atoms with van der Waals surface area (Å²) in [6.07, 6.45) is 24.9. The molecule has 4 nitrogen and oxygen atoms in total. The summed E-state index contributed by atoms with van der Waals surface area (Å²) in [5, 5.41) is 3.67. The van der Waals surface area contributed by atoms with Gasteiger partial charge in [-0.05, 0) is 94.2 Å². The van der Waals surface area contributed by atoms with E-state index in [0.717, 1.165) is 60.6 Å². The van der Waals surface area contributed by atoms with E-state index in [-0.39, 0.29) is 0 Å². The van der Waals surface area contributed by atoms with Gasteiger partial charge in [0.2, 0.25) is 0 Å². The molecule has 242 valence electrons. The zero-order valence-corrected chi connectivity index (χ0v) is 28.0. The van der Waals surface area contributed by atoms with Gasteiger partial charge in [-0.2, -0.15) is 0 Å². The Morgan fingerprint density at radius 3 is 2.30 bits per heavy atom. The molecule has 4 aromatic carbocycles. The normalized spacial score (nSPS) is 22.5. The third-order valence-corrected chi connectivity index (χ3v) is 11.3. The molecule has 5 aromatic rings.